The minimum Gasteiger partial charge on any atom is -0.350 e. The van der Waals surface area contributed by atoms with Crippen molar-refractivity contribution in [1.82, 2.24) is 20.0 Å². The summed E-state index contributed by atoms with van der Waals surface area (Å²) in [5.74, 6) is 0.243. The van der Waals surface area contributed by atoms with Crippen molar-refractivity contribution in [3.8, 4) is 5.69 Å². The van der Waals surface area contributed by atoms with E-state index < -0.39 is 4.92 Å². The maximum atomic E-state index is 12.5. The van der Waals surface area contributed by atoms with E-state index in [1.54, 1.807) is 35.7 Å². The molecular formula is C21H23N5O3S. The van der Waals surface area contributed by atoms with E-state index in [-0.39, 0.29) is 11.6 Å². The number of nitro groups is 1. The second kappa shape index (κ2) is 9.19. The number of thiophene rings is 1. The van der Waals surface area contributed by atoms with Crippen molar-refractivity contribution in [2.45, 2.75) is 19.4 Å². The van der Waals surface area contributed by atoms with E-state index in [9.17, 15) is 14.9 Å². The molecule has 4 rings (SSSR count). The predicted molar refractivity (Wildman–Crippen MR) is 115 cm³/mol. The Balaban J connectivity index is 1.27. The molecule has 1 fully saturated rings. The van der Waals surface area contributed by atoms with Crippen LogP contribution in [0.4, 0.5) is 5.69 Å². The monoisotopic (exact) mass is 425 g/mol. The molecule has 0 bridgehead atoms. The number of nitrogens with zero attached hydrogens (tertiary/aromatic N) is 4. The van der Waals surface area contributed by atoms with Crippen molar-refractivity contribution in [2.75, 3.05) is 19.6 Å². The lowest BCUT2D eigenvalue weighted by atomic mass is 9.96. The number of likely N-dealkylation sites (tertiary alicyclic amines) is 1. The number of carbonyl (C=O) groups excluding carboxylic acids is 1. The second-order valence-corrected chi connectivity index (χ2v) is 8.46. The fourth-order valence-corrected chi connectivity index (χ4v) is 4.38. The SMILES string of the molecule is O=C(NCC1CCN(Cc2cccs2)CC1)c1ccn(-c2cccc([N+](=O)[O-])c2)n1. The zero-order valence-electron chi connectivity index (χ0n) is 16.4. The zero-order valence-corrected chi connectivity index (χ0v) is 17.3. The van der Waals surface area contributed by atoms with Crippen LogP contribution in [-0.2, 0) is 6.54 Å². The molecular weight excluding hydrogens is 402 g/mol. The molecule has 0 atom stereocenters. The molecule has 0 aliphatic carbocycles. The van der Waals surface area contributed by atoms with Crippen molar-refractivity contribution >= 4 is 22.9 Å². The maximum Gasteiger partial charge on any atom is 0.271 e. The van der Waals surface area contributed by atoms with E-state index >= 15 is 0 Å². The summed E-state index contributed by atoms with van der Waals surface area (Å²) in [6.45, 7) is 3.72. The van der Waals surface area contributed by atoms with E-state index in [1.165, 1.54) is 21.7 Å². The molecule has 3 aromatic rings. The quantitative estimate of drug-likeness (QED) is 0.462. The highest BCUT2D eigenvalue weighted by Gasteiger charge is 2.21. The molecule has 0 saturated carbocycles. The Morgan fingerprint density at radius 3 is 2.80 bits per heavy atom. The number of benzene rings is 1. The van der Waals surface area contributed by atoms with E-state index in [2.05, 4.69) is 32.8 Å². The lowest BCUT2D eigenvalue weighted by molar-refractivity contribution is -0.384. The van der Waals surface area contributed by atoms with Gasteiger partial charge in [0.1, 0.15) is 0 Å². The number of carbonyl (C=O) groups is 1. The van der Waals surface area contributed by atoms with Crippen LogP contribution in [0.15, 0.2) is 54.0 Å². The Morgan fingerprint density at radius 1 is 1.23 bits per heavy atom. The number of aromatic nitrogens is 2. The van der Waals surface area contributed by atoms with Crippen LogP contribution < -0.4 is 5.32 Å². The molecule has 9 heteroatoms. The van der Waals surface area contributed by atoms with Gasteiger partial charge in [-0.15, -0.1) is 11.3 Å². The summed E-state index contributed by atoms with van der Waals surface area (Å²) in [4.78, 5) is 26.8. The van der Waals surface area contributed by atoms with Crippen molar-refractivity contribution in [2.24, 2.45) is 5.92 Å². The molecule has 8 nitrogen and oxygen atoms in total. The van der Waals surface area contributed by atoms with Gasteiger partial charge >= 0.3 is 0 Å². The number of piperidine rings is 1. The van der Waals surface area contributed by atoms with Crippen molar-refractivity contribution < 1.29 is 9.72 Å². The van der Waals surface area contributed by atoms with Gasteiger partial charge in [0.15, 0.2) is 5.69 Å². The average Bonchev–Trinajstić information content (AvgIpc) is 3.45. The van der Waals surface area contributed by atoms with Crippen molar-refractivity contribution in [3.05, 3.63) is 74.7 Å². The van der Waals surface area contributed by atoms with Gasteiger partial charge in [0.25, 0.3) is 11.6 Å². The summed E-state index contributed by atoms with van der Waals surface area (Å²) < 4.78 is 1.48. The molecule has 156 valence electrons. The molecule has 0 radical (unpaired) electrons. The standard InChI is InChI=1S/C21H23N5O3S/c27-21(20-8-11-25(23-20)17-3-1-4-18(13-17)26(28)29)22-14-16-6-9-24(10-7-16)15-19-5-2-12-30-19/h1-5,8,11-13,16H,6-7,9-10,14-15H2,(H,22,27). The molecule has 1 aliphatic heterocycles. The molecule has 2 aromatic heterocycles. The second-order valence-electron chi connectivity index (χ2n) is 7.43. The summed E-state index contributed by atoms with van der Waals surface area (Å²) in [5, 5.41) is 20.3. The predicted octanol–water partition coefficient (Wildman–Crippen LogP) is 3.48. The lowest BCUT2D eigenvalue weighted by Crippen LogP contribution is -2.38. The van der Waals surface area contributed by atoms with Gasteiger partial charge < -0.3 is 5.32 Å². The largest absolute Gasteiger partial charge is 0.350 e. The number of non-ortho nitro benzene ring substituents is 1. The van der Waals surface area contributed by atoms with Crippen LogP contribution in [0.3, 0.4) is 0 Å². The van der Waals surface area contributed by atoms with Gasteiger partial charge in [-0.1, -0.05) is 12.1 Å². The zero-order chi connectivity index (χ0) is 20.9. The lowest BCUT2D eigenvalue weighted by Gasteiger charge is -2.31. The Bertz CT molecular complexity index is 1010. The van der Waals surface area contributed by atoms with Crippen molar-refractivity contribution in [3.63, 3.8) is 0 Å². The van der Waals surface area contributed by atoms with E-state index in [0.717, 1.165) is 32.5 Å². The number of rotatable bonds is 7. The number of hydrogen-bond donors (Lipinski definition) is 1. The Hall–Kier alpha value is -3.04. The molecule has 0 spiro atoms. The number of hydrogen-bond acceptors (Lipinski definition) is 6. The van der Waals surface area contributed by atoms with Crippen molar-refractivity contribution in [1.29, 1.82) is 0 Å². The minimum absolute atomic E-state index is 0.0144. The summed E-state index contributed by atoms with van der Waals surface area (Å²) in [6, 6.07) is 12.0. The fourth-order valence-electron chi connectivity index (χ4n) is 3.64. The normalized spacial score (nSPS) is 15.2. The van der Waals surface area contributed by atoms with Gasteiger partial charge in [-0.25, -0.2) is 4.68 Å². The summed E-state index contributed by atoms with van der Waals surface area (Å²) in [5.41, 5.74) is 0.831. The molecule has 1 amide bonds. The van der Waals surface area contributed by atoms with Crippen LogP contribution in [0.2, 0.25) is 0 Å². The Morgan fingerprint density at radius 2 is 2.07 bits per heavy atom. The Labute approximate surface area is 178 Å². The van der Waals surface area contributed by atoms with E-state index in [0.29, 0.717) is 23.8 Å². The number of nitrogens with one attached hydrogen (secondary N) is 1. The third-order valence-electron chi connectivity index (χ3n) is 5.34. The fraction of sp³-hybridized carbons (Fsp3) is 0.333. The van der Waals surface area contributed by atoms with Gasteiger partial charge in [-0.3, -0.25) is 19.8 Å². The van der Waals surface area contributed by atoms with Gasteiger partial charge in [-0.05, 0) is 55.4 Å². The van der Waals surface area contributed by atoms with Crippen LogP contribution in [0.5, 0.6) is 0 Å². The topological polar surface area (TPSA) is 93.3 Å². The first-order chi connectivity index (χ1) is 14.6. The highest BCUT2D eigenvalue weighted by Crippen LogP contribution is 2.20. The molecule has 1 N–H and O–H groups in total. The molecule has 0 unspecified atom stereocenters. The first-order valence-corrected chi connectivity index (χ1v) is 10.8. The molecule has 3 heterocycles. The smallest absolute Gasteiger partial charge is 0.271 e. The van der Waals surface area contributed by atoms with Gasteiger partial charge in [0, 0.05) is 36.3 Å². The first kappa shape index (κ1) is 20.2. The molecule has 1 aliphatic rings. The van der Waals surface area contributed by atoms with Gasteiger partial charge in [0.05, 0.1) is 10.6 Å². The maximum absolute atomic E-state index is 12.5. The Kier molecular flexibility index (Phi) is 6.20. The third-order valence-corrected chi connectivity index (χ3v) is 6.21. The van der Waals surface area contributed by atoms with Crippen LogP contribution >= 0.6 is 11.3 Å². The molecule has 30 heavy (non-hydrogen) atoms. The van der Waals surface area contributed by atoms with Gasteiger partial charge in [-0.2, -0.15) is 5.10 Å². The van der Waals surface area contributed by atoms with E-state index in [4.69, 9.17) is 0 Å². The van der Waals surface area contributed by atoms with Crippen LogP contribution in [0, 0.1) is 16.0 Å². The van der Waals surface area contributed by atoms with E-state index in [1.807, 2.05) is 0 Å². The van der Waals surface area contributed by atoms with Crippen LogP contribution in [0.25, 0.3) is 5.69 Å². The highest BCUT2D eigenvalue weighted by molar-refractivity contribution is 7.09. The van der Waals surface area contributed by atoms with Gasteiger partial charge in [0.2, 0.25) is 0 Å². The first-order valence-electron chi connectivity index (χ1n) is 9.92. The highest BCUT2D eigenvalue weighted by atomic mass is 32.1. The van der Waals surface area contributed by atoms with Crippen LogP contribution in [-0.4, -0.2) is 45.1 Å². The molecule has 1 saturated heterocycles. The summed E-state index contributed by atoms with van der Waals surface area (Å²) in [6.07, 6.45) is 3.76. The minimum atomic E-state index is -0.452. The summed E-state index contributed by atoms with van der Waals surface area (Å²) in [7, 11) is 0. The third kappa shape index (κ3) is 4.92. The average molecular weight is 426 g/mol. The number of amides is 1. The van der Waals surface area contributed by atoms with Crippen LogP contribution in [0.1, 0.15) is 28.2 Å². The number of nitro benzene ring substituents is 1. The molecule has 1 aromatic carbocycles. The summed E-state index contributed by atoms with van der Waals surface area (Å²) >= 11 is 1.79.